The van der Waals surface area contributed by atoms with Crippen molar-refractivity contribution in [2.45, 2.75) is 38.6 Å². The maximum atomic E-state index is 11.6. The first-order chi connectivity index (χ1) is 6.83. The fourth-order valence-electron chi connectivity index (χ4n) is 2.59. The predicted molar refractivity (Wildman–Crippen MR) is 53.9 cm³/mol. The van der Waals surface area contributed by atoms with Crippen molar-refractivity contribution in [3.05, 3.63) is 0 Å². The summed E-state index contributed by atoms with van der Waals surface area (Å²) in [6.45, 7) is 3.34. The minimum absolute atomic E-state index is 0.0137. The summed E-state index contributed by atoms with van der Waals surface area (Å²) in [4.78, 5) is 11.6. The van der Waals surface area contributed by atoms with Crippen molar-refractivity contribution < 1.29 is 9.53 Å². The summed E-state index contributed by atoms with van der Waals surface area (Å²) in [5.74, 6) is 1.28. The van der Waals surface area contributed by atoms with Gasteiger partial charge in [-0.15, -0.1) is 0 Å². The summed E-state index contributed by atoms with van der Waals surface area (Å²) in [5.41, 5.74) is 0. The second-order valence-electron chi connectivity index (χ2n) is 4.33. The second kappa shape index (κ2) is 4.30. The van der Waals surface area contributed by atoms with Crippen LogP contribution in [0.25, 0.3) is 0 Å². The molecule has 2 aliphatic rings. The molecule has 0 bridgehead atoms. The van der Waals surface area contributed by atoms with E-state index in [0.29, 0.717) is 12.5 Å². The van der Waals surface area contributed by atoms with Crippen LogP contribution in [0.15, 0.2) is 0 Å². The van der Waals surface area contributed by atoms with Crippen LogP contribution in [0, 0.1) is 11.8 Å². The Balaban J connectivity index is 1.92. The molecule has 2 fully saturated rings. The number of ether oxygens (including phenoxy) is 1. The first-order valence-corrected chi connectivity index (χ1v) is 5.73. The van der Waals surface area contributed by atoms with Crippen LogP contribution in [-0.2, 0) is 9.53 Å². The van der Waals surface area contributed by atoms with Gasteiger partial charge in [-0.1, -0.05) is 19.3 Å². The van der Waals surface area contributed by atoms with Crippen LogP contribution in [0.1, 0.15) is 32.6 Å². The molecule has 0 radical (unpaired) electrons. The summed E-state index contributed by atoms with van der Waals surface area (Å²) >= 11 is 0. The highest BCUT2D eigenvalue weighted by Gasteiger charge is 2.40. The van der Waals surface area contributed by atoms with Gasteiger partial charge >= 0.3 is 5.97 Å². The van der Waals surface area contributed by atoms with Crippen molar-refractivity contribution in [3.63, 3.8) is 0 Å². The lowest BCUT2D eigenvalue weighted by molar-refractivity contribution is -0.147. The van der Waals surface area contributed by atoms with Crippen LogP contribution in [-0.4, -0.2) is 25.2 Å². The molecule has 80 valence electrons. The van der Waals surface area contributed by atoms with E-state index in [4.69, 9.17) is 4.74 Å². The van der Waals surface area contributed by atoms with Crippen LogP contribution in [0.5, 0.6) is 0 Å². The summed E-state index contributed by atoms with van der Waals surface area (Å²) in [5, 5.41) is 3.27. The van der Waals surface area contributed by atoms with E-state index in [1.807, 2.05) is 6.92 Å². The van der Waals surface area contributed by atoms with Crippen molar-refractivity contribution in [2.75, 3.05) is 13.2 Å². The topological polar surface area (TPSA) is 38.3 Å². The maximum absolute atomic E-state index is 11.6. The van der Waals surface area contributed by atoms with Crippen molar-refractivity contribution in [1.82, 2.24) is 5.32 Å². The molecule has 0 amide bonds. The highest BCUT2D eigenvalue weighted by atomic mass is 16.5. The molecular formula is C11H19NO2. The van der Waals surface area contributed by atoms with E-state index < -0.39 is 0 Å². The van der Waals surface area contributed by atoms with E-state index in [1.165, 1.54) is 19.3 Å². The number of nitrogens with one attached hydrogen (secondary N) is 1. The Morgan fingerprint density at radius 1 is 1.43 bits per heavy atom. The zero-order chi connectivity index (χ0) is 9.97. The standard InChI is InChI=1S/C11H19NO2/c1-2-14-11(13)10-9(6-7-12-10)8-4-3-5-8/h8-10,12H,2-7H2,1H3. The molecule has 2 rings (SSSR count). The minimum atomic E-state index is -0.0399. The van der Waals surface area contributed by atoms with Gasteiger partial charge in [0.15, 0.2) is 0 Å². The van der Waals surface area contributed by atoms with Crippen LogP contribution in [0.4, 0.5) is 0 Å². The predicted octanol–water partition coefficient (Wildman–Crippen LogP) is 1.33. The number of rotatable bonds is 3. The Morgan fingerprint density at radius 2 is 2.21 bits per heavy atom. The lowest BCUT2D eigenvalue weighted by Gasteiger charge is -2.33. The van der Waals surface area contributed by atoms with Gasteiger partial charge in [-0.25, -0.2) is 0 Å². The first kappa shape index (κ1) is 9.97. The smallest absolute Gasteiger partial charge is 0.323 e. The quantitative estimate of drug-likeness (QED) is 0.694. The molecule has 1 heterocycles. The third-order valence-corrected chi connectivity index (χ3v) is 3.57. The Hall–Kier alpha value is -0.570. The monoisotopic (exact) mass is 197 g/mol. The molecule has 3 nitrogen and oxygen atoms in total. The third kappa shape index (κ3) is 1.78. The summed E-state index contributed by atoms with van der Waals surface area (Å²) in [7, 11) is 0. The Bertz CT molecular complexity index is 213. The van der Waals surface area contributed by atoms with E-state index in [9.17, 15) is 4.79 Å². The number of carbonyl (C=O) groups is 1. The molecule has 0 aromatic carbocycles. The van der Waals surface area contributed by atoms with Crippen molar-refractivity contribution in [3.8, 4) is 0 Å². The van der Waals surface area contributed by atoms with Crippen molar-refractivity contribution >= 4 is 5.97 Å². The van der Waals surface area contributed by atoms with Crippen LogP contribution in [0.3, 0.4) is 0 Å². The summed E-state index contributed by atoms with van der Waals surface area (Å²) in [6, 6.07) is -0.0137. The summed E-state index contributed by atoms with van der Waals surface area (Å²) < 4.78 is 5.07. The number of hydrogen-bond donors (Lipinski definition) is 1. The fraction of sp³-hybridized carbons (Fsp3) is 0.909. The normalized spacial score (nSPS) is 32.6. The number of esters is 1. The Kier molecular flexibility index (Phi) is 3.06. The molecule has 2 unspecified atom stereocenters. The van der Waals surface area contributed by atoms with Gasteiger partial charge in [0.25, 0.3) is 0 Å². The Labute approximate surface area is 85.2 Å². The zero-order valence-corrected chi connectivity index (χ0v) is 8.79. The van der Waals surface area contributed by atoms with Gasteiger partial charge in [0.05, 0.1) is 6.61 Å². The Morgan fingerprint density at radius 3 is 2.79 bits per heavy atom. The van der Waals surface area contributed by atoms with Gasteiger partial charge < -0.3 is 10.1 Å². The van der Waals surface area contributed by atoms with E-state index in [2.05, 4.69) is 5.32 Å². The molecule has 1 saturated heterocycles. The highest BCUT2D eigenvalue weighted by molar-refractivity contribution is 5.76. The first-order valence-electron chi connectivity index (χ1n) is 5.73. The molecule has 1 N–H and O–H groups in total. The summed E-state index contributed by atoms with van der Waals surface area (Å²) in [6.07, 6.45) is 5.11. The minimum Gasteiger partial charge on any atom is -0.465 e. The van der Waals surface area contributed by atoms with Crippen LogP contribution in [0.2, 0.25) is 0 Å². The SMILES string of the molecule is CCOC(=O)C1NCCC1C1CCC1. The molecule has 2 atom stereocenters. The van der Waals surface area contributed by atoms with Gasteiger partial charge in [0.2, 0.25) is 0 Å². The lowest BCUT2D eigenvalue weighted by Crippen LogP contribution is -2.41. The largest absolute Gasteiger partial charge is 0.465 e. The molecule has 14 heavy (non-hydrogen) atoms. The molecule has 3 heteroatoms. The molecular weight excluding hydrogens is 178 g/mol. The molecule has 1 aliphatic heterocycles. The van der Waals surface area contributed by atoms with E-state index >= 15 is 0 Å². The van der Waals surface area contributed by atoms with E-state index in [0.717, 1.165) is 18.9 Å². The van der Waals surface area contributed by atoms with Gasteiger partial charge in [-0.05, 0) is 31.7 Å². The average molecular weight is 197 g/mol. The zero-order valence-electron chi connectivity index (χ0n) is 8.79. The molecule has 1 aliphatic carbocycles. The van der Waals surface area contributed by atoms with E-state index in [-0.39, 0.29) is 12.0 Å². The maximum Gasteiger partial charge on any atom is 0.323 e. The van der Waals surface area contributed by atoms with E-state index in [1.54, 1.807) is 0 Å². The molecule has 0 spiro atoms. The molecule has 0 aromatic heterocycles. The number of carbonyl (C=O) groups excluding carboxylic acids is 1. The van der Waals surface area contributed by atoms with Crippen molar-refractivity contribution in [2.24, 2.45) is 11.8 Å². The fourth-order valence-corrected chi connectivity index (χ4v) is 2.59. The highest BCUT2D eigenvalue weighted by Crippen LogP contribution is 2.38. The van der Waals surface area contributed by atoms with Crippen LogP contribution < -0.4 is 5.32 Å². The molecule has 0 aromatic rings. The average Bonchev–Trinajstić information content (AvgIpc) is 2.50. The van der Waals surface area contributed by atoms with Gasteiger partial charge in [-0.3, -0.25) is 4.79 Å². The van der Waals surface area contributed by atoms with Gasteiger partial charge in [0.1, 0.15) is 6.04 Å². The lowest BCUT2D eigenvalue weighted by atomic mass is 9.73. The van der Waals surface area contributed by atoms with Gasteiger partial charge in [0, 0.05) is 0 Å². The van der Waals surface area contributed by atoms with Crippen LogP contribution >= 0.6 is 0 Å². The molecule has 1 saturated carbocycles. The second-order valence-corrected chi connectivity index (χ2v) is 4.33. The van der Waals surface area contributed by atoms with Crippen molar-refractivity contribution in [1.29, 1.82) is 0 Å². The number of hydrogen-bond acceptors (Lipinski definition) is 3. The third-order valence-electron chi connectivity index (χ3n) is 3.57. The van der Waals surface area contributed by atoms with Gasteiger partial charge in [-0.2, -0.15) is 0 Å².